The van der Waals surface area contributed by atoms with Crippen molar-refractivity contribution in [2.75, 3.05) is 27.2 Å². The normalized spacial score (nSPS) is 24.1. The monoisotopic (exact) mass is 280 g/mol. The highest BCUT2D eigenvalue weighted by molar-refractivity contribution is 5.06. The molecule has 1 aliphatic rings. The molecule has 0 bridgehead atoms. The van der Waals surface area contributed by atoms with Gasteiger partial charge in [0, 0.05) is 37.8 Å². The molecule has 0 aromatic carbocycles. The summed E-state index contributed by atoms with van der Waals surface area (Å²) in [5.74, 6) is 1.67. The van der Waals surface area contributed by atoms with Gasteiger partial charge in [-0.3, -0.25) is 4.90 Å². The number of hydrogen-bond donors (Lipinski definition) is 1. The van der Waals surface area contributed by atoms with Crippen LogP contribution in [0.1, 0.15) is 32.2 Å². The second-order valence-corrected chi connectivity index (χ2v) is 6.52. The van der Waals surface area contributed by atoms with E-state index in [1.165, 1.54) is 0 Å². The van der Waals surface area contributed by atoms with Crippen LogP contribution in [-0.2, 0) is 13.1 Å². The van der Waals surface area contributed by atoms with Gasteiger partial charge in [-0.05, 0) is 20.0 Å². The summed E-state index contributed by atoms with van der Waals surface area (Å²) in [4.78, 5) is 4.78. The first-order valence-electron chi connectivity index (χ1n) is 7.52. The summed E-state index contributed by atoms with van der Waals surface area (Å²) in [7, 11) is 4.32. The molecule has 5 heteroatoms. The molecule has 0 saturated carbocycles. The molecule has 20 heavy (non-hydrogen) atoms. The van der Waals surface area contributed by atoms with Crippen LogP contribution in [0, 0.1) is 5.92 Å². The number of rotatable bonds is 6. The molecule has 2 heterocycles. The summed E-state index contributed by atoms with van der Waals surface area (Å²) in [6.07, 6.45) is 0. The van der Waals surface area contributed by atoms with Crippen molar-refractivity contribution in [2.45, 2.75) is 45.9 Å². The second-order valence-electron chi connectivity index (χ2n) is 6.52. The smallest absolute Gasteiger partial charge is 0.151 e. The van der Waals surface area contributed by atoms with Gasteiger partial charge < -0.3 is 14.7 Å². The molecule has 1 aromatic heterocycles. The van der Waals surface area contributed by atoms with Crippen LogP contribution in [0.4, 0.5) is 0 Å². The molecule has 1 N–H and O–H groups in total. The topological polar surface area (TPSA) is 44.5 Å². The Balaban J connectivity index is 1.85. The average molecular weight is 280 g/mol. The third kappa shape index (κ3) is 4.04. The summed E-state index contributed by atoms with van der Waals surface area (Å²) in [5, 5.41) is 7.48. The van der Waals surface area contributed by atoms with Gasteiger partial charge in [-0.15, -0.1) is 0 Å². The predicted molar refractivity (Wildman–Crippen MR) is 80.4 cm³/mol. The molecule has 1 fully saturated rings. The summed E-state index contributed by atoms with van der Waals surface area (Å²) < 4.78 is 5.44. The lowest BCUT2D eigenvalue weighted by molar-refractivity contribution is 0.237. The maximum Gasteiger partial charge on any atom is 0.151 e. The third-order valence-electron chi connectivity index (χ3n) is 3.99. The maximum absolute atomic E-state index is 5.44. The molecule has 2 atom stereocenters. The average Bonchev–Trinajstić information content (AvgIpc) is 2.94. The van der Waals surface area contributed by atoms with Gasteiger partial charge in [0.05, 0.1) is 12.2 Å². The lowest BCUT2D eigenvalue weighted by Crippen LogP contribution is -2.34. The van der Waals surface area contributed by atoms with E-state index in [0.717, 1.165) is 37.6 Å². The zero-order chi connectivity index (χ0) is 14.7. The van der Waals surface area contributed by atoms with Crippen LogP contribution in [0.5, 0.6) is 0 Å². The minimum Gasteiger partial charge on any atom is -0.360 e. The van der Waals surface area contributed by atoms with E-state index in [4.69, 9.17) is 4.52 Å². The molecule has 2 unspecified atom stereocenters. The molecular weight excluding hydrogens is 252 g/mol. The fourth-order valence-electron chi connectivity index (χ4n) is 2.89. The Labute approximate surface area is 122 Å². The standard InChI is InChI=1S/C15H28N4O/c1-11(2)16-7-13-6-14(20-17-13)9-19-8-12(3)15(10-19)18(4)5/h6,11-12,15-16H,7-10H2,1-5H3. The Hall–Kier alpha value is -0.910. The van der Waals surface area contributed by atoms with E-state index in [9.17, 15) is 0 Å². The van der Waals surface area contributed by atoms with Crippen molar-refractivity contribution in [2.24, 2.45) is 5.92 Å². The van der Waals surface area contributed by atoms with Crippen LogP contribution in [-0.4, -0.2) is 54.2 Å². The molecule has 5 nitrogen and oxygen atoms in total. The number of aromatic nitrogens is 1. The first kappa shape index (κ1) is 15.5. The van der Waals surface area contributed by atoms with Crippen molar-refractivity contribution in [1.82, 2.24) is 20.3 Å². The van der Waals surface area contributed by atoms with E-state index < -0.39 is 0 Å². The highest BCUT2D eigenvalue weighted by atomic mass is 16.5. The molecule has 2 rings (SSSR count). The Bertz CT molecular complexity index is 416. The molecule has 0 aliphatic carbocycles. The van der Waals surface area contributed by atoms with Gasteiger partial charge in [0.1, 0.15) is 0 Å². The van der Waals surface area contributed by atoms with Crippen molar-refractivity contribution in [3.63, 3.8) is 0 Å². The van der Waals surface area contributed by atoms with Gasteiger partial charge in [-0.1, -0.05) is 25.9 Å². The van der Waals surface area contributed by atoms with E-state index in [1.54, 1.807) is 0 Å². The Morgan fingerprint density at radius 1 is 1.45 bits per heavy atom. The van der Waals surface area contributed by atoms with Crippen molar-refractivity contribution >= 4 is 0 Å². The van der Waals surface area contributed by atoms with Crippen LogP contribution in [0.15, 0.2) is 10.6 Å². The molecule has 0 radical (unpaired) electrons. The van der Waals surface area contributed by atoms with Gasteiger partial charge in [-0.2, -0.15) is 0 Å². The second kappa shape index (κ2) is 6.70. The van der Waals surface area contributed by atoms with Crippen LogP contribution in [0.25, 0.3) is 0 Å². The minimum absolute atomic E-state index is 0.468. The Kier molecular flexibility index (Phi) is 5.18. The highest BCUT2D eigenvalue weighted by Crippen LogP contribution is 2.22. The fourth-order valence-corrected chi connectivity index (χ4v) is 2.89. The fraction of sp³-hybridized carbons (Fsp3) is 0.800. The van der Waals surface area contributed by atoms with E-state index in [2.05, 4.69) is 61.2 Å². The lowest BCUT2D eigenvalue weighted by Gasteiger charge is -2.22. The zero-order valence-electron chi connectivity index (χ0n) is 13.4. The maximum atomic E-state index is 5.44. The van der Waals surface area contributed by atoms with E-state index in [-0.39, 0.29) is 0 Å². The molecule has 0 spiro atoms. The van der Waals surface area contributed by atoms with Gasteiger partial charge in [0.15, 0.2) is 5.76 Å². The van der Waals surface area contributed by atoms with Crippen LogP contribution in [0.2, 0.25) is 0 Å². The summed E-state index contributed by atoms with van der Waals surface area (Å²) >= 11 is 0. The number of likely N-dealkylation sites (tertiary alicyclic amines) is 1. The van der Waals surface area contributed by atoms with Crippen molar-refractivity contribution < 1.29 is 4.52 Å². The largest absolute Gasteiger partial charge is 0.360 e. The SMILES string of the molecule is CC(C)NCc1cc(CN2CC(C)C(N(C)C)C2)on1. The van der Waals surface area contributed by atoms with Crippen LogP contribution < -0.4 is 5.32 Å². The van der Waals surface area contributed by atoms with E-state index in [1.807, 2.05) is 0 Å². The van der Waals surface area contributed by atoms with E-state index >= 15 is 0 Å². The third-order valence-corrected chi connectivity index (χ3v) is 3.99. The van der Waals surface area contributed by atoms with Crippen molar-refractivity contribution in [3.8, 4) is 0 Å². The number of hydrogen-bond acceptors (Lipinski definition) is 5. The van der Waals surface area contributed by atoms with Crippen LogP contribution >= 0.6 is 0 Å². The molecule has 1 aromatic rings. The first-order chi connectivity index (χ1) is 9.45. The van der Waals surface area contributed by atoms with Gasteiger partial charge >= 0.3 is 0 Å². The number of likely N-dealkylation sites (N-methyl/N-ethyl adjacent to an activating group) is 1. The van der Waals surface area contributed by atoms with Crippen LogP contribution in [0.3, 0.4) is 0 Å². The molecule has 1 aliphatic heterocycles. The summed E-state index contributed by atoms with van der Waals surface area (Å²) in [5.41, 5.74) is 0.991. The van der Waals surface area contributed by atoms with Gasteiger partial charge in [-0.25, -0.2) is 0 Å². The predicted octanol–water partition coefficient (Wildman–Crippen LogP) is 1.55. The zero-order valence-corrected chi connectivity index (χ0v) is 13.4. The number of nitrogens with zero attached hydrogens (tertiary/aromatic N) is 3. The Morgan fingerprint density at radius 3 is 2.80 bits per heavy atom. The quantitative estimate of drug-likeness (QED) is 0.856. The molecular formula is C15H28N4O. The minimum atomic E-state index is 0.468. The summed E-state index contributed by atoms with van der Waals surface area (Å²) in [6, 6.07) is 3.18. The number of nitrogens with one attached hydrogen (secondary N) is 1. The lowest BCUT2D eigenvalue weighted by atomic mass is 10.1. The first-order valence-corrected chi connectivity index (χ1v) is 7.52. The molecule has 0 amide bonds. The van der Waals surface area contributed by atoms with Crippen molar-refractivity contribution in [3.05, 3.63) is 17.5 Å². The highest BCUT2D eigenvalue weighted by Gasteiger charge is 2.31. The van der Waals surface area contributed by atoms with E-state index in [0.29, 0.717) is 18.0 Å². The Morgan fingerprint density at radius 2 is 2.20 bits per heavy atom. The molecule has 1 saturated heterocycles. The van der Waals surface area contributed by atoms with Gasteiger partial charge in [0.2, 0.25) is 0 Å². The summed E-state index contributed by atoms with van der Waals surface area (Å²) in [6.45, 7) is 10.5. The van der Waals surface area contributed by atoms with Crippen molar-refractivity contribution in [1.29, 1.82) is 0 Å². The molecule has 114 valence electrons. The van der Waals surface area contributed by atoms with Gasteiger partial charge in [0.25, 0.3) is 0 Å².